The number of benzene rings is 2. The maximum absolute atomic E-state index is 13.2. The average molecular weight is 350 g/mol. The van der Waals surface area contributed by atoms with Crippen molar-refractivity contribution in [2.75, 3.05) is 13.6 Å². The molecule has 1 aliphatic heterocycles. The largest absolute Gasteiger partial charge is 0.344 e. The number of likely N-dealkylation sites (N-methyl/N-ethyl adjacent to an activating group) is 1. The molecule has 1 aromatic heterocycles. The molecule has 3 aromatic rings. The van der Waals surface area contributed by atoms with Gasteiger partial charge >= 0.3 is 0 Å². The lowest BCUT2D eigenvalue weighted by Gasteiger charge is -2.31. The molecule has 2 aromatic carbocycles. The topological polar surface area (TPSA) is 8.17 Å². The van der Waals surface area contributed by atoms with Crippen LogP contribution in [0.5, 0.6) is 0 Å². The summed E-state index contributed by atoms with van der Waals surface area (Å²) in [5.41, 5.74) is 6.92. The fraction of sp³-hybridized carbons (Fsp3) is 0.391. The Bertz CT molecular complexity index is 924. The van der Waals surface area contributed by atoms with Crippen LogP contribution >= 0.6 is 0 Å². The quantitative estimate of drug-likeness (QED) is 0.633. The van der Waals surface area contributed by atoms with Gasteiger partial charge in [-0.15, -0.1) is 0 Å². The van der Waals surface area contributed by atoms with Crippen LogP contribution in [0, 0.1) is 5.82 Å². The fourth-order valence-electron chi connectivity index (χ4n) is 4.28. The first-order valence-electron chi connectivity index (χ1n) is 9.67. The Kier molecular flexibility index (Phi) is 4.58. The average Bonchev–Trinajstić information content (AvgIpc) is 2.97. The normalized spacial score (nSPS) is 17.6. The summed E-state index contributed by atoms with van der Waals surface area (Å²) in [6.07, 6.45) is 3.08. The van der Waals surface area contributed by atoms with Crippen LogP contribution in [0.15, 0.2) is 42.5 Å². The molecule has 136 valence electrons. The minimum Gasteiger partial charge on any atom is -0.344 e. The molecule has 1 atom stereocenters. The van der Waals surface area contributed by atoms with E-state index in [9.17, 15) is 4.39 Å². The molecule has 0 saturated heterocycles. The molecule has 0 aliphatic carbocycles. The van der Waals surface area contributed by atoms with E-state index < -0.39 is 0 Å². The fourth-order valence-corrected chi connectivity index (χ4v) is 4.28. The lowest BCUT2D eigenvalue weighted by Crippen LogP contribution is -2.31. The number of hydrogen-bond acceptors (Lipinski definition) is 1. The van der Waals surface area contributed by atoms with Crippen LogP contribution in [0.1, 0.15) is 42.3 Å². The van der Waals surface area contributed by atoms with Crippen molar-refractivity contribution < 1.29 is 4.39 Å². The van der Waals surface area contributed by atoms with Gasteiger partial charge in [0.1, 0.15) is 5.82 Å². The van der Waals surface area contributed by atoms with Gasteiger partial charge in [-0.05, 0) is 67.8 Å². The third-order valence-corrected chi connectivity index (χ3v) is 6.00. The molecule has 3 heteroatoms. The highest BCUT2D eigenvalue weighted by atomic mass is 19.1. The number of hydrogen-bond donors (Lipinski definition) is 0. The molecule has 1 unspecified atom stereocenters. The van der Waals surface area contributed by atoms with Crippen molar-refractivity contribution in [3.63, 3.8) is 0 Å². The van der Waals surface area contributed by atoms with Crippen molar-refractivity contribution >= 4 is 10.9 Å². The number of halogens is 1. The van der Waals surface area contributed by atoms with Crippen molar-refractivity contribution in [2.45, 2.75) is 45.7 Å². The van der Waals surface area contributed by atoms with Crippen molar-refractivity contribution in [1.82, 2.24) is 9.47 Å². The monoisotopic (exact) mass is 350 g/mol. The van der Waals surface area contributed by atoms with Crippen molar-refractivity contribution in [2.24, 2.45) is 0 Å². The summed E-state index contributed by atoms with van der Waals surface area (Å²) in [4.78, 5) is 2.45. The first kappa shape index (κ1) is 17.3. The summed E-state index contributed by atoms with van der Waals surface area (Å²) in [5.74, 6) is -0.165. The second kappa shape index (κ2) is 6.88. The summed E-state index contributed by atoms with van der Waals surface area (Å²) < 4.78 is 15.7. The molecule has 26 heavy (non-hydrogen) atoms. The Morgan fingerprint density at radius 2 is 1.81 bits per heavy atom. The predicted octanol–water partition coefficient (Wildman–Crippen LogP) is 5.13. The van der Waals surface area contributed by atoms with E-state index in [4.69, 9.17) is 0 Å². The van der Waals surface area contributed by atoms with Gasteiger partial charge in [0.05, 0.1) is 0 Å². The molecule has 4 rings (SSSR count). The summed E-state index contributed by atoms with van der Waals surface area (Å²) in [5, 5.41) is 1.41. The second-order valence-corrected chi connectivity index (χ2v) is 7.50. The van der Waals surface area contributed by atoms with E-state index in [1.165, 1.54) is 33.3 Å². The van der Waals surface area contributed by atoms with Crippen LogP contribution in [0.4, 0.5) is 4.39 Å². The molecule has 0 spiro atoms. The molecule has 0 bridgehead atoms. The number of rotatable bonds is 4. The Morgan fingerprint density at radius 1 is 1.08 bits per heavy atom. The molecular formula is C23H27FN2. The van der Waals surface area contributed by atoms with Crippen LogP contribution in [0.25, 0.3) is 10.9 Å². The number of aryl methyl sites for hydroxylation is 3. The molecule has 0 N–H and O–H groups in total. The van der Waals surface area contributed by atoms with Gasteiger partial charge in [-0.2, -0.15) is 0 Å². The minimum atomic E-state index is -0.165. The number of fused-ring (bicyclic) bond motifs is 3. The number of aromatic nitrogens is 1. The molecular weight excluding hydrogens is 323 g/mol. The van der Waals surface area contributed by atoms with Crippen LogP contribution in [-0.4, -0.2) is 23.1 Å². The Labute approximate surface area is 155 Å². The highest BCUT2D eigenvalue weighted by Crippen LogP contribution is 2.37. The van der Waals surface area contributed by atoms with Crippen LogP contribution < -0.4 is 0 Å². The van der Waals surface area contributed by atoms with E-state index in [2.05, 4.69) is 48.6 Å². The third-order valence-electron chi connectivity index (χ3n) is 6.00. The zero-order valence-corrected chi connectivity index (χ0v) is 15.9. The first-order valence-corrected chi connectivity index (χ1v) is 9.67. The van der Waals surface area contributed by atoms with Gasteiger partial charge < -0.3 is 4.57 Å². The molecule has 2 heterocycles. The van der Waals surface area contributed by atoms with Crippen LogP contribution in [0.2, 0.25) is 0 Å². The first-order chi connectivity index (χ1) is 12.6. The van der Waals surface area contributed by atoms with E-state index in [1.807, 2.05) is 12.1 Å². The Hall–Kier alpha value is -2.13. The van der Waals surface area contributed by atoms with Crippen LogP contribution in [-0.2, 0) is 25.8 Å². The zero-order valence-electron chi connectivity index (χ0n) is 15.9. The van der Waals surface area contributed by atoms with E-state index in [-0.39, 0.29) is 5.82 Å². The Morgan fingerprint density at radius 3 is 2.54 bits per heavy atom. The smallest absolute Gasteiger partial charge is 0.123 e. The third kappa shape index (κ3) is 2.95. The zero-order chi connectivity index (χ0) is 18.3. The summed E-state index contributed by atoms with van der Waals surface area (Å²) in [7, 11) is 2.22. The van der Waals surface area contributed by atoms with E-state index >= 15 is 0 Å². The maximum atomic E-state index is 13.2. The van der Waals surface area contributed by atoms with Gasteiger partial charge in [-0.3, -0.25) is 4.90 Å². The lowest BCUT2D eigenvalue weighted by atomic mass is 9.96. The second-order valence-electron chi connectivity index (χ2n) is 7.50. The highest BCUT2D eigenvalue weighted by Gasteiger charge is 2.27. The molecule has 0 radical (unpaired) electrons. The predicted molar refractivity (Wildman–Crippen MR) is 106 cm³/mol. The molecule has 0 amide bonds. The summed E-state index contributed by atoms with van der Waals surface area (Å²) in [6.45, 7) is 6.58. The standard InChI is InChI=1S/C23H27FN2/c1-4-17-7-10-21-20(15-17)23-16(2)25(3)13-12-22(23)26(21)14-11-18-5-8-19(24)9-6-18/h5-10,15-16H,4,11-14H2,1-3H3. The van der Waals surface area contributed by atoms with Crippen molar-refractivity contribution in [3.05, 3.63) is 70.7 Å². The Balaban J connectivity index is 1.77. The summed E-state index contributed by atoms with van der Waals surface area (Å²) in [6, 6.07) is 14.3. The van der Waals surface area contributed by atoms with Gasteiger partial charge in [0.2, 0.25) is 0 Å². The molecule has 0 saturated carbocycles. The van der Waals surface area contributed by atoms with E-state index in [1.54, 1.807) is 12.1 Å². The van der Waals surface area contributed by atoms with Gasteiger partial charge in [0.15, 0.2) is 0 Å². The molecule has 1 aliphatic rings. The van der Waals surface area contributed by atoms with E-state index in [0.717, 1.165) is 32.4 Å². The summed E-state index contributed by atoms with van der Waals surface area (Å²) >= 11 is 0. The van der Waals surface area contributed by atoms with E-state index in [0.29, 0.717) is 6.04 Å². The van der Waals surface area contributed by atoms with Gasteiger partial charge in [0.25, 0.3) is 0 Å². The van der Waals surface area contributed by atoms with Gasteiger partial charge in [0, 0.05) is 42.1 Å². The van der Waals surface area contributed by atoms with Gasteiger partial charge in [-0.1, -0.05) is 25.1 Å². The maximum Gasteiger partial charge on any atom is 0.123 e. The molecule has 0 fully saturated rings. The number of nitrogens with zero attached hydrogens (tertiary/aromatic N) is 2. The highest BCUT2D eigenvalue weighted by molar-refractivity contribution is 5.87. The SMILES string of the molecule is CCc1ccc2c(c1)c1c(n2CCc2ccc(F)cc2)CCN(C)C1C. The van der Waals surface area contributed by atoms with Crippen molar-refractivity contribution in [1.29, 1.82) is 0 Å². The molecule has 2 nitrogen and oxygen atoms in total. The van der Waals surface area contributed by atoms with Gasteiger partial charge in [-0.25, -0.2) is 4.39 Å². The minimum absolute atomic E-state index is 0.165. The lowest BCUT2D eigenvalue weighted by molar-refractivity contribution is 0.245. The van der Waals surface area contributed by atoms with Crippen LogP contribution in [0.3, 0.4) is 0 Å². The van der Waals surface area contributed by atoms with Crippen molar-refractivity contribution in [3.8, 4) is 0 Å².